The minimum atomic E-state index is -4.68. The molecule has 0 saturated heterocycles. The highest BCUT2D eigenvalue weighted by Crippen LogP contribution is 2.23. The minimum Gasteiger partial charge on any atom is -0.406 e. The molecule has 0 aliphatic heterocycles. The number of hydrogen-bond acceptors (Lipinski definition) is 3. The Hall–Kier alpha value is -2.50. The summed E-state index contributed by atoms with van der Waals surface area (Å²) in [7, 11) is 0. The van der Waals surface area contributed by atoms with Crippen LogP contribution in [0.4, 0.5) is 18.9 Å². The summed E-state index contributed by atoms with van der Waals surface area (Å²) in [5.74, 6) is -0.241. The summed E-state index contributed by atoms with van der Waals surface area (Å²) in [5.41, 5.74) is 2.62. The van der Waals surface area contributed by atoms with Crippen LogP contribution in [0.1, 0.15) is 11.1 Å². The van der Waals surface area contributed by atoms with Gasteiger partial charge >= 0.3 is 6.36 Å². The second-order valence-corrected chi connectivity index (χ2v) is 4.61. The lowest BCUT2D eigenvalue weighted by Crippen LogP contribution is -2.17. The van der Waals surface area contributed by atoms with Gasteiger partial charge in [-0.15, -0.1) is 13.2 Å². The van der Waals surface area contributed by atoms with Crippen LogP contribution in [-0.2, 0) is 17.8 Å². The second-order valence-electron chi connectivity index (χ2n) is 4.61. The number of ether oxygens (including phenoxy) is 1. The third-order valence-corrected chi connectivity index (χ3v) is 2.93. The monoisotopic (exact) mass is 309 g/mol. The Balaban J connectivity index is 1.90. The molecule has 0 aliphatic carbocycles. The van der Waals surface area contributed by atoms with E-state index in [4.69, 9.17) is 0 Å². The van der Waals surface area contributed by atoms with Crippen molar-refractivity contribution in [1.82, 2.24) is 0 Å². The molecule has 6 heteroatoms. The van der Waals surface area contributed by atoms with Crippen molar-refractivity contribution >= 4 is 12.0 Å². The number of benzene rings is 2. The van der Waals surface area contributed by atoms with Gasteiger partial charge in [-0.2, -0.15) is 0 Å². The van der Waals surface area contributed by atoms with Crippen LogP contribution in [-0.4, -0.2) is 12.6 Å². The van der Waals surface area contributed by atoms with E-state index in [1.165, 1.54) is 12.1 Å². The van der Waals surface area contributed by atoms with E-state index in [2.05, 4.69) is 10.1 Å². The van der Waals surface area contributed by atoms with E-state index in [-0.39, 0.29) is 5.75 Å². The summed E-state index contributed by atoms with van der Waals surface area (Å²) in [6.07, 6.45) is -3.46. The largest absolute Gasteiger partial charge is 0.573 e. The molecular weight excluding hydrogens is 295 g/mol. The van der Waals surface area contributed by atoms with Crippen molar-refractivity contribution in [3.05, 3.63) is 59.7 Å². The van der Waals surface area contributed by atoms with Crippen molar-refractivity contribution in [2.45, 2.75) is 19.3 Å². The average Bonchev–Trinajstić information content (AvgIpc) is 2.47. The topological polar surface area (TPSA) is 38.3 Å². The molecule has 116 valence electrons. The third kappa shape index (κ3) is 5.12. The summed E-state index contributed by atoms with van der Waals surface area (Å²) >= 11 is 0. The molecular formula is C16H14F3NO2. The Morgan fingerprint density at radius 1 is 0.955 bits per heavy atom. The van der Waals surface area contributed by atoms with Gasteiger partial charge in [0.15, 0.2) is 0 Å². The molecule has 2 aromatic carbocycles. The van der Waals surface area contributed by atoms with Crippen LogP contribution in [0.25, 0.3) is 0 Å². The zero-order valence-electron chi connectivity index (χ0n) is 11.6. The quantitative estimate of drug-likeness (QED) is 0.821. The van der Waals surface area contributed by atoms with Gasteiger partial charge in [0.2, 0.25) is 0 Å². The number of nitrogens with one attached hydrogen (secondary N) is 1. The Bertz CT molecular complexity index is 607. The fraction of sp³-hybridized carbons (Fsp3) is 0.188. The van der Waals surface area contributed by atoms with E-state index in [0.29, 0.717) is 13.0 Å². The maximum atomic E-state index is 12.0. The number of rotatable bonds is 6. The third-order valence-electron chi connectivity index (χ3n) is 2.93. The zero-order valence-corrected chi connectivity index (χ0v) is 11.6. The van der Waals surface area contributed by atoms with Crippen LogP contribution in [0, 0.1) is 0 Å². The van der Waals surface area contributed by atoms with Crippen molar-refractivity contribution in [3.63, 3.8) is 0 Å². The van der Waals surface area contributed by atoms with Crippen LogP contribution in [0.15, 0.2) is 48.5 Å². The van der Waals surface area contributed by atoms with Gasteiger partial charge in [0, 0.05) is 18.7 Å². The van der Waals surface area contributed by atoms with Gasteiger partial charge in [-0.05, 0) is 35.4 Å². The minimum absolute atomic E-state index is 0.241. The molecule has 0 spiro atoms. The highest BCUT2D eigenvalue weighted by atomic mass is 19.4. The Labute approximate surface area is 125 Å². The smallest absolute Gasteiger partial charge is 0.406 e. The first-order valence-corrected chi connectivity index (χ1v) is 6.57. The van der Waals surface area contributed by atoms with Gasteiger partial charge in [0.25, 0.3) is 0 Å². The van der Waals surface area contributed by atoms with Gasteiger partial charge in [0.05, 0.1) is 0 Å². The number of halogens is 3. The van der Waals surface area contributed by atoms with Crippen LogP contribution < -0.4 is 10.1 Å². The molecule has 0 saturated carbocycles. The number of aldehydes is 1. The predicted octanol–water partition coefficient (Wildman–Crippen LogP) is 3.94. The molecule has 0 aromatic heterocycles. The first-order valence-electron chi connectivity index (χ1n) is 6.57. The molecule has 0 unspecified atom stereocenters. The molecule has 0 aliphatic rings. The van der Waals surface area contributed by atoms with Crippen molar-refractivity contribution < 1.29 is 22.7 Å². The van der Waals surface area contributed by atoms with Crippen molar-refractivity contribution in [3.8, 4) is 5.75 Å². The summed E-state index contributed by atoms with van der Waals surface area (Å²) < 4.78 is 39.9. The lowest BCUT2D eigenvalue weighted by atomic mass is 10.1. The molecule has 0 heterocycles. The van der Waals surface area contributed by atoms with E-state index in [0.717, 1.165) is 23.1 Å². The summed E-state index contributed by atoms with van der Waals surface area (Å²) in [6, 6.07) is 13.1. The SMILES string of the molecule is O=CCc1ccc(NCc2ccc(OC(F)(F)F)cc2)cc1. The van der Waals surface area contributed by atoms with E-state index < -0.39 is 6.36 Å². The van der Waals surface area contributed by atoms with Gasteiger partial charge in [-0.3, -0.25) is 0 Å². The maximum absolute atomic E-state index is 12.0. The predicted molar refractivity (Wildman–Crippen MR) is 76.7 cm³/mol. The van der Waals surface area contributed by atoms with Gasteiger partial charge in [-0.25, -0.2) is 0 Å². The molecule has 0 fully saturated rings. The van der Waals surface area contributed by atoms with Crippen molar-refractivity contribution in [2.24, 2.45) is 0 Å². The van der Waals surface area contributed by atoms with Crippen molar-refractivity contribution in [1.29, 1.82) is 0 Å². The molecule has 2 aromatic rings. The molecule has 3 nitrogen and oxygen atoms in total. The maximum Gasteiger partial charge on any atom is 0.573 e. The standard InChI is InChI=1S/C16H14F3NO2/c17-16(18,19)22-15-7-3-13(4-8-15)11-20-14-5-1-12(2-6-14)9-10-21/h1-8,10,20H,9,11H2. The van der Waals surface area contributed by atoms with Crippen LogP contribution in [0.5, 0.6) is 5.75 Å². The van der Waals surface area contributed by atoms with E-state index in [1.54, 1.807) is 12.1 Å². The second kappa shape index (κ2) is 6.98. The van der Waals surface area contributed by atoms with E-state index in [1.807, 2.05) is 24.3 Å². The number of carbonyl (C=O) groups excluding carboxylic acids is 1. The Kier molecular flexibility index (Phi) is 5.04. The lowest BCUT2D eigenvalue weighted by molar-refractivity contribution is -0.274. The first-order chi connectivity index (χ1) is 10.5. The van der Waals surface area contributed by atoms with E-state index in [9.17, 15) is 18.0 Å². The molecule has 0 atom stereocenters. The fourth-order valence-electron chi connectivity index (χ4n) is 1.87. The summed E-state index contributed by atoms with van der Waals surface area (Å²) in [4.78, 5) is 10.4. The number of alkyl halides is 3. The fourth-order valence-corrected chi connectivity index (χ4v) is 1.87. The number of hydrogen-bond donors (Lipinski definition) is 1. The average molecular weight is 309 g/mol. The number of anilines is 1. The Morgan fingerprint density at radius 3 is 2.09 bits per heavy atom. The molecule has 2 rings (SSSR count). The highest BCUT2D eigenvalue weighted by molar-refractivity contribution is 5.56. The lowest BCUT2D eigenvalue weighted by Gasteiger charge is -2.10. The van der Waals surface area contributed by atoms with Gasteiger partial charge < -0.3 is 14.8 Å². The molecule has 1 N–H and O–H groups in total. The van der Waals surface area contributed by atoms with Gasteiger partial charge in [0.1, 0.15) is 12.0 Å². The summed E-state index contributed by atoms with van der Waals surface area (Å²) in [6.45, 7) is 0.472. The molecule has 0 radical (unpaired) electrons. The van der Waals surface area contributed by atoms with Crippen LogP contribution >= 0.6 is 0 Å². The molecule has 0 bridgehead atoms. The zero-order chi connectivity index (χ0) is 16.0. The van der Waals surface area contributed by atoms with Crippen LogP contribution in [0.2, 0.25) is 0 Å². The van der Waals surface area contributed by atoms with Crippen LogP contribution in [0.3, 0.4) is 0 Å². The van der Waals surface area contributed by atoms with Gasteiger partial charge in [-0.1, -0.05) is 24.3 Å². The molecule has 22 heavy (non-hydrogen) atoms. The highest BCUT2D eigenvalue weighted by Gasteiger charge is 2.30. The Morgan fingerprint density at radius 2 is 1.55 bits per heavy atom. The van der Waals surface area contributed by atoms with E-state index >= 15 is 0 Å². The first kappa shape index (κ1) is 15.9. The normalized spacial score (nSPS) is 11.0. The van der Waals surface area contributed by atoms with Crippen molar-refractivity contribution in [2.75, 3.05) is 5.32 Å². The number of carbonyl (C=O) groups is 1. The molecule has 0 amide bonds. The summed E-state index contributed by atoms with van der Waals surface area (Å²) in [5, 5.41) is 3.15.